The molecule has 9 heteroatoms. The number of aryl methyl sites for hydroxylation is 1. The highest BCUT2D eigenvalue weighted by Crippen LogP contribution is 2.39. The largest absolute Gasteiger partial charge is 0.497 e. The van der Waals surface area contributed by atoms with Gasteiger partial charge in [-0.2, -0.15) is 9.61 Å². The molecule has 136 valence electrons. The van der Waals surface area contributed by atoms with Crippen LogP contribution in [0.25, 0.3) is 4.96 Å². The van der Waals surface area contributed by atoms with E-state index in [0.29, 0.717) is 35.9 Å². The molecule has 0 atom stereocenters. The average molecular weight is 373 g/mol. The Kier molecular flexibility index (Phi) is 4.46. The number of anilines is 1. The fraction of sp³-hybridized carbons (Fsp3) is 0.412. The molecular formula is C17H19N5O3S. The van der Waals surface area contributed by atoms with Crippen LogP contribution in [0.1, 0.15) is 36.0 Å². The number of hydrogen-bond acceptors (Lipinski definition) is 7. The molecule has 3 aromatic rings. The maximum atomic E-state index is 12.3. The van der Waals surface area contributed by atoms with Gasteiger partial charge >= 0.3 is 0 Å². The SMILES string of the molecule is COc1ccc(NC(=O)CCc2nn3c(C4CC4)nnc3s2)c(OC)c1. The van der Waals surface area contributed by atoms with Gasteiger partial charge in [0.2, 0.25) is 10.9 Å². The molecule has 0 unspecified atom stereocenters. The first-order valence-electron chi connectivity index (χ1n) is 8.41. The molecule has 0 spiro atoms. The Hall–Kier alpha value is -2.68. The molecular weight excluding hydrogens is 354 g/mol. The lowest BCUT2D eigenvalue weighted by molar-refractivity contribution is -0.116. The van der Waals surface area contributed by atoms with E-state index in [1.54, 1.807) is 32.4 Å². The number of carbonyl (C=O) groups is 1. The molecule has 1 fully saturated rings. The van der Waals surface area contributed by atoms with Crippen LogP contribution in [-0.4, -0.2) is 39.9 Å². The van der Waals surface area contributed by atoms with Gasteiger partial charge in [0.15, 0.2) is 5.82 Å². The molecule has 8 nitrogen and oxygen atoms in total. The van der Waals surface area contributed by atoms with Crippen LogP contribution in [0.5, 0.6) is 11.5 Å². The standard InChI is InChI=1S/C17H19N5O3S/c1-24-11-5-6-12(13(9-11)25-2)18-14(23)7-8-15-21-22-16(10-3-4-10)19-20-17(22)26-15/h5-6,9-10H,3-4,7-8H2,1-2H3,(H,18,23). The molecule has 1 aliphatic rings. The first-order chi connectivity index (χ1) is 12.7. The summed E-state index contributed by atoms with van der Waals surface area (Å²) in [6.45, 7) is 0. The number of nitrogens with zero attached hydrogens (tertiary/aromatic N) is 4. The van der Waals surface area contributed by atoms with Crippen molar-refractivity contribution < 1.29 is 14.3 Å². The summed E-state index contributed by atoms with van der Waals surface area (Å²) in [6, 6.07) is 5.28. The summed E-state index contributed by atoms with van der Waals surface area (Å²) in [6.07, 6.45) is 3.19. The number of ether oxygens (including phenoxy) is 2. The minimum atomic E-state index is -0.0955. The number of aromatic nitrogens is 4. The van der Waals surface area contributed by atoms with Crippen molar-refractivity contribution in [3.05, 3.63) is 29.0 Å². The molecule has 2 heterocycles. The van der Waals surface area contributed by atoms with Gasteiger partial charge in [0, 0.05) is 24.8 Å². The summed E-state index contributed by atoms with van der Waals surface area (Å²) in [5, 5.41) is 16.7. The number of hydrogen-bond donors (Lipinski definition) is 1. The summed E-state index contributed by atoms with van der Waals surface area (Å²) in [5.74, 6) is 2.57. The second-order valence-corrected chi connectivity index (χ2v) is 7.18. The van der Waals surface area contributed by atoms with Gasteiger partial charge in [-0.25, -0.2) is 0 Å². The number of nitrogens with one attached hydrogen (secondary N) is 1. The molecule has 1 aliphatic carbocycles. The Morgan fingerprint density at radius 3 is 2.88 bits per heavy atom. The zero-order valence-corrected chi connectivity index (χ0v) is 15.4. The van der Waals surface area contributed by atoms with Crippen molar-refractivity contribution in [3.63, 3.8) is 0 Å². The van der Waals surface area contributed by atoms with Gasteiger partial charge in [0.1, 0.15) is 16.5 Å². The average Bonchev–Trinajstić information content (AvgIpc) is 3.29. The first kappa shape index (κ1) is 16.8. The molecule has 4 rings (SSSR count). The number of rotatable bonds is 7. The fourth-order valence-electron chi connectivity index (χ4n) is 2.70. The highest BCUT2D eigenvalue weighted by Gasteiger charge is 2.30. The van der Waals surface area contributed by atoms with Gasteiger partial charge in [0.25, 0.3) is 0 Å². The zero-order valence-electron chi connectivity index (χ0n) is 14.6. The highest BCUT2D eigenvalue weighted by atomic mass is 32.1. The fourth-order valence-corrected chi connectivity index (χ4v) is 3.54. The van der Waals surface area contributed by atoms with E-state index in [1.807, 2.05) is 4.52 Å². The lowest BCUT2D eigenvalue weighted by Crippen LogP contribution is -2.13. The van der Waals surface area contributed by atoms with E-state index >= 15 is 0 Å². The maximum absolute atomic E-state index is 12.3. The topological polar surface area (TPSA) is 90.6 Å². The normalized spacial score (nSPS) is 13.8. The highest BCUT2D eigenvalue weighted by molar-refractivity contribution is 7.16. The quantitative estimate of drug-likeness (QED) is 0.685. The van der Waals surface area contributed by atoms with Crippen LogP contribution in [0.4, 0.5) is 5.69 Å². The van der Waals surface area contributed by atoms with Crippen molar-refractivity contribution in [2.45, 2.75) is 31.6 Å². The lowest BCUT2D eigenvalue weighted by atomic mass is 10.2. The van der Waals surface area contributed by atoms with E-state index in [4.69, 9.17) is 9.47 Å². The Morgan fingerprint density at radius 2 is 2.15 bits per heavy atom. The van der Waals surface area contributed by atoms with Crippen molar-refractivity contribution in [1.29, 1.82) is 0 Å². The van der Waals surface area contributed by atoms with E-state index in [1.165, 1.54) is 11.3 Å². The predicted octanol–water partition coefficient (Wildman–Crippen LogP) is 2.65. The Balaban J connectivity index is 1.39. The number of methoxy groups -OCH3 is 2. The van der Waals surface area contributed by atoms with E-state index in [2.05, 4.69) is 20.6 Å². The lowest BCUT2D eigenvalue weighted by Gasteiger charge is -2.11. The summed E-state index contributed by atoms with van der Waals surface area (Å²) < 4.78 is 12.3. The molecule has 0 saturated heterocycles. The van der Waals surface area contributed by atoms with Crippen LogP contribution in [0.15, 0.2) is 18.2 Å². The van der Waals surface area contributed by atoms with Crippen LogP contribution in [0, 0.1) is 0 Å². The van der Waals surface area contributed by atoms with Crippen LogP contribution >= 0.6 is 11.3 Å². The van der Waals surface area contributed by atoms with Gasteiger partial charge in [-0.05, 0) is 25.0 Å². The van der Waals surface area contributed by atoms with E-state index in [0.717, 1.165) is 28.6 Å². The van der Waals surface area contributed by atoms with E-state index in [9.17, 15) is 4.79 Å². The van der Waals surface area contributed by atoms with Crippen molar-refractivity contribution in [2.24, 2.45) is 0 Å². The molecule has 1 amide bonds. The van der Waals surface area contributed by atoms with Gasteiger partial charge in [-0.15, -0.1) is 10.2 Å². The summed E-state index contributed by atoms with van der Waals surface area (Å²) in [5.41, 5.74) is 0.618. The Labute approximate surface area is 154 Å². The van der Waals surface area contributed by atoms with Crippen LogP contribution in [0.2, 0.25) is 0 Å². The second-order valence-electron chi connectivity index (χ2n) is 6.14. The van der Waals surface area contributed by atoms with Crippen molar-refractivity contribution in [1.82, 2.24) is 19.8 Å². The van der Waals surface area contributed by atoms with E-state index in [-0.39, 0.29) is 5.91 Å². The maximum Gasteiger partial charge on any atom is 0.234 e. The minimum Gasteiger partial charge on any atom is -0.497 e. The molecule has 0 aliphatic heterocycles. The predicted molar refractivity (Wildman–Crippen MR) is 97.1 cm³/mol. The van der Waals surface area contributed by atoms with Gasteiger partial charge in [0.05, 0.1) is 19.9 Å². The van der Waals surface area contributed by atoms with Gasteiger partial charge in [-0.1, -0.05) is 11.3 Å². The molecule has 26 heavy (non-hydrogen) atoms. The Bertz CT molecular complexity index is 947. The van der Waals surface area contributed by atoms with Crippen molar-refractivity contribution >= 4 is 27.9 Å². The number of carbonyl (C=O) groups excluding carboxylic acids is 1. The van der Waals surface area contributed by atoms with Gasteiger partial charge in [-0.3, -0.25) is 4.79 Å². The zero-order chi connectivity index (χ0) is 18.1. The molecule has 2 aromatic heterocycles. The number of fused-ring (bicyclic) bond motifs is 1. The van der Waals surface area contributed by atoms with Crippen LogP contribution in [0.3, 0.4) is 0 Å². The van der Waals surface area contributed by atoms with Gasteiger partial charge < -0.3 is 14.8 Å². The Morgan fingerprint density at radius 1 is 1.31 bits per heavy atom. The molecule has 0 bridgehead atoms. The third kappa shape index (κ3) is 3.34. The van der Waals surface area contributed by atoms with Crippen LogP contribution < -0.4 is 14.8 Å². The first-order valence-corrected chi connectivity index (χ1v) is 9.22. The molecule has 1 saturated carbocycles. The number of amides is 1. The summed E-state index contributed by atoms with van der Waals surface area (Å²) in [7, 11) is 3.14. The molecule has 0 radical (unpaired) electrons. The van der Waals surface area contributed by atoms with Crippen LogP contribution in [-0.2, 0) is 11.2 Å². The van der Waals surface area contributed by atoms with Crippen molar-refractivity contribution in [3.8, 4) is 11.5 Å². The summed E-state index contributed by atoms with van der Waals surface area (Å²) in [4.78, 5) is 13.1. The minimum absolute atomic E-state index is 0.0955. The summed E-state index contributed by atoms with van der Waals surface area (Å²) >= 11 is 1.48. The van der Waals surface area contributed by atoms with E-state index < -0.39 is 0 Å². The smallest absolute Gasteiger partial charge is 0.234 e. The third-order valence-corrected chi connectivity index (χ3v) is 5.21. The third-order valence-electron chi connectivity index (χ3n) is 4.25. The molecule has 1 aromatic carbocycles. The number of benzene rings is 1. The monoisotopic (exact) mass is 373 g/mol. The molecule has 1 N–H and O–H groups in total. The second kappa shape index (κ2) is 6.91. The van der Waals surface area contributed by atoms with Crippen molar-refractivity contribution in [2.75, 3.05) is 19.5 Å².